The molecule has 1 saturated heterocycles. The topological polar surface area (TPSA) is 55.0 Å². The highest BCUT2D eigenvalue weighted by Crippen LogP contribution is 2.33. The molecule has 2 aromatic rings. The molecular formula is C15H20N4. The third-order valence-electron chi connectivity index (χ3n) is 4.27. The highest BCUT2D eigenvalue weighted by atomic mass is 15.3. The van der Waals surface area contributed by atoms with Gasteiger partial charge in [0.15, 0.2) is 5.82 Å². The Hall–Kier alpha value is -1.68. The molecule has 2 heterocycles. The number of fused-ring (bicyclic) bond motifs is 1. The zero-order valence-electron chi connectivity index (χ0n) is 11.7. The minimum atomic E-state index is -0.0896. The van der Waals surface area contributed by atoms with E-state index >= 15 is 0 Å². The maximum Gasteiger partial charge on any atom is 0.159 e. The molecule has 3 rings (SSSR count). The molecule has 1 aliphatic rings. The summed E-state index contributed by atoms with van der Waals surface area (Å²) in [4.78, 5) is 2.23. The molecule has 0 aliphatic carbocycles. The van der Waals surface area contributed by atoms with Crippen molar-refractivity contribution in [2.45, 2.75) is 26.3 Å². The van der Waals surface area contributed by atoms with E-state index in [0.717, 1.165) is 24.6 Å². The van der Waals surface area contributed by atoms with E-state index in [2.05, 4.69) is 41.1 Å². The first-order valence-electron chi connectivity index (χ1n) is 6.77. The number of nitrogens with two attached hydrogens (primary N) is 1. The van der Waals surface area contributed by atoms with Crippen LogP contribution < -0.4 is 10.6 Å². The van der Waals surface area contributed by atoms with Gasteiger partial charge in [-0.3, -0.25) is 0 Å². The Bertz CT molecular complexity index is 615. The number of aromatic nitrogens is 2. The summed E-state index contributed by atoms with van der Waals surface area (Å²) < 4.78 is 0. The maximum atomic E-state index is 6.36. The predicted molar refractivity (Wildman–Crippen MR) is 78.2 cm³/mol. The SMILES string of the molecule is Cc1nnc(N2CC(N)(C(C)C)C2)c2ccccc12. The Labute approximate surface area is 113 Å². The summed E-state index contributed by atoms with van der Waals surface area (Å²) in [5.74, 6) is 1.44. The highest BCUT2D eigenvalue weighted by molar-refractivity contribution is 5.93. The molecule has 4 heteroatoms. The van der Waals surface area contributed by atoms with Crippen LogP contribution in [0.5, 0.6) is 0 Å². The van der Waals surface area contributed by atoms with Crippen LogP contribution >= 0.6 is 0 Å². The van der Waals surface area contributed by atoms with Gasteiger partial charge in [0, 0.05) is 23.9 Å². The van der Waals surface area contributed by atoms with Gasteiger partial charge >= 0.3 is 0 Å². The smallest absolute Gasteiger partial charge is 0.159 e. The van der Waals surface area contributed by atoms with Gasteiger partial charge in [-0.15, -0.1) is 5.10 Å². The number of hydrogen-bond donors (Lipinski definition) is 1. The number of hydrogen-bond acceptors (Lipinski definition) is 4. The monoisotopic (exact) mass is 256 g/mol. The van der Waals surface area contributed by atoms with Crippen LogP contribution in [0.15, 0.2) is 24.3 Å². The molecule has 100 valence electrons. The molecule has 0 bridgehead atoms. The summed E-state index contributed by atoms with van der Waals surface area (Å²) in [6, 6.07) is 8.29. The van der Waals surface area contributed by atoms with Gasteiger partial charge in [0.25, 0.3) is 0 Å². The molecule has 4 nitrogen and oxygen atoms in total. The number of rotatable bonds is 2. The molecular weight excluding hydrogens is 236 g/mol. The van der Waals surface area contributed by atoms with Crippen molar-refractivity contribution in [3.8, 4) is 0 Å². The highest BCUT2D eigenvalue weighted by Gasteiger charge is 2.43. The van der Waals surface area contributed by atoms with E-state index in [1.165, 1.54) is 10.8 Å². The lowest BCUT2D eigenvalue weighted by Crippen LogP contribution is -2.70. The van der Waals surface area contributed by atoms with Crippen LogP contribution in [-0.4, -0.2) is 28.8 Å². The maximum absolute atomic E-state index is 6.36. The van der Waals surface area contributed by atoms with Gasteiger partial charge in [-0.25, -0.2) is 0 Å². The average molecular weight is 256 g/mol. The summed E-state index contributed by atoms with van der Waals surface area (Å²) in [7, 11) is 0. The molecule has 1 fully saturated rings. The molecule has 19 heavy (non-hydrogen) atoms. The molecule has 0 radical (unpaired) electrons. The van der Waals surface area contributed by atoms with Crippen LogP contribution in [0.4, 0.5) is 5.82 Å². The third-order valence-corrected chi connectivity index (χ3v) is 4.27. The van der Waals surface area contributed by atoms with E-state index in [-0.39, 0.29) is 5.54 Å². The lowest BCUT2D eigenvalue weighted by molar-refractivity contribution is 0.244. The van der Waals surface area contributed by atoms with Gasteiger partial charge in [-0.1, -0.05) is 38.1 Å². The fraction of sp³-hybridized carbons (Fsp3) is 0.467. The average Bonchev–Trinajstić information content (AvgIpc) is 2.36. The van der Waals surface area contributed by atoms with Crippen LogP contribution in [0.3, 0.4) is 0 Å². The van der Waals surface area contributed by atoms with Crippen molar-refractivity contribution in [2.75, 3.05) is 18.0 Å². The first kappa shape index (κ1) is 12.4. The van der Waals surface area contributed by atoms with Gasteiger partial charge in [-0.2, -0.15) is 5.10 Å². The van der Waals surface area contributed by atoms with Crippen molar-refractivity contribution >= 4 is 16.6 Å². The lowest BCUT2D eigenvalue weighted by atomic mass is 9.80. The second-order valence-electron chi connectivity index (χ2n) is 5.90. The zero-order chi connectivity index (χ0) is 13.6. The van der Waals surface area contributed by atoms with Crippen molar-refractivity contribution in [3.05, 3.63) is 30.0 Å². The van der Waals surface area contributed by atoms with Crippen LogP contribution in [0.25, 0.3) is 10.8 Å². The summed E-state index contributed by atoms with van der Waals surface area (Å²) in [5, 5.41) is 11.0. The van der Waals surface area contributed by atoms with Crippen molar-refractivity contribution in [1.29, 1.82) is 0 Å². The largest absolute Gasteiger partial charge is 0.351 e. The molecule has 1 aromatic heterocycles. The lowest BCUT2D eigenvalue weighted by Gasteiger charge is -2.51. The minimum Gasteiger partial charge on any atom is -0.351 e. The fourth-order valence-electron chi connectivity index (χ4n) is 2.64. The van der Waals surface area contributed by atoms with Crippen LogP contribution in [0.2, 0.25) is 0 Å². The summed E-state index contributed by atoms with van der Waals surface area (Å²) >= 11 is 0. The number of nitrogens with zero attached hydrogens (tertiary/aromatic N) is 3. The molecule has 2 N–H and O–H groups in total. The Balaban J connectivity index is 1.98. The second kappa shape index (κ2) is 4.17. The van der Waals surface area contributed by atoms with Crippen molar-refractivity contribution in [2.24, 2.45) is 11.7 Å². The molecule has 0 unspecified atom stereocenters. The van der Waals surface area contributed by atoms with Gasteiger partial charge in [-0.05, 0) is 12.8 Å². The van der Waals surface area contributed by atoms with Crippen molar-refractivity contribution < 1.29 is 0 Å². The molecule has 0 atom stereocenters. The zero-order valence-corrected chi connectivity index (χ0v) is 11.7. The third kappa shape index (κ3) is 1.87. The van der Waals surface area contributed by atoms with Crippen molar-refractivity contribution in [3.63, 3.8) is 0 Å². The quantitative estimate of drug-likeness (QED) is 0.894. The van der Waals surface area contributed by atoms with Crippen LogP contribution in [-0.2, 0) is 0 Å². The first-order valence-corrected chi connectivity index (χ1v) is 6.77. The van der Waals surface area contributed by atoms with Gasteiger partial charge in [0.05, 0.1) is 11.2 Å². The molecule has 0 spiro atoms. The number of benzene rings is 1. The second-order valence-corrected chi connectivity index (χ2v) is 5.90. The number of anilines is 1. The summed E-state index contributed by atoms with van der Waals surface area (Å²) in [5.41, 5.74) is 7.24. The van der Waals surface area contributed by atoms with E-state index in [1.807, 2.05) is 19.1 Å². The molecule has 0 amide bonds. The first-order chi connectivity index (χ1) is 9.01. The summed E-state index contributed by atoms with van der Waals surface area (Å²) in [6.07, 6.45) is 0. The Morgan fingerprint density at radius 2 is 1.79 bits per heavy atom. The molecule has 1 aromatic carbocycles. The Morgan fingerprint density at radius 1 is 1.16 bits per heavy atom. The predicted octanol–water partition coefficient (Wildman–Crippen LogP) is 2.11. The van der Waals surface area contributed by atoms with Gasteiger partial charge in [0.1, 0.15) is 0 Å². The number of aryl methyl sites for hydroxylation is 1. The van der Waals surface area contributed by atoms with E-state index < -0.39 is 0 Å². The normalized spacial score (nSPS) is 17.8. The summed E-state index contributed by atoms with van der Waals surface area (Å²) in [6.45, 7) is 8.06. The molecule has 0 saturated carbocycles. The minimum absolute atomic E-state index is 0.0896. The van der Waals surface area contributed by atoms with E-state index in [4.69, 9.17) is 5.73 Å². The molecule has 1 aliphatic heterocycles. The van der Waals surface area contributed by atoms with Crippen molar-refractivity contribution in [1.82, 2.24) is 10.2 Å². The van der Waals surface area contributed by atoms with Crippen LogP contribution in [0, 0.1) is 12.8 Å². The van der Waals surface area contributed by atoms with Gasteiger partial charge in [0.2, 0.25) is 0 Å². The van der Waals surface area contributed by atoms with Gasteiger partial charge < -0.3 is 10.6 Å². The standard InChI is InChI=1S/C15H20N4/c1-10(2)15(16)8-19(9-15)14-13-7-5-4-6-12(13)11(3)17-18-14/h4-7,10H,8-9,16H2,1-3H3. The fourth-order valence-corrected chi connectivity index (χ4v) is 2.64. The van der Waals surface area contributed by atoms with Crippen LogP contribution in [0.1, 0.15) is 19.5 Å². The Morgan fingerprint density at radius 3 is 2.42 bits per heavy atom. The van der Waals surface area contributed by atoms with E-state index in [1.54, 1.807) is 0 Å². The van der Waals surface area contributed by atoms with E-state index in [9.17, 15) is 0 Å². The van der Waals surface area contributed by atoms with E-state index in [0.29, 0.717) is 5.92 Å². The Kier molecular flexibility index (Phi) is 2.71.